The maximum Gasteiger partial charge on any atom is 0.250 e. The third-order valence-corrected chi connectivity index (χ3v) is 4.91. The average molecular weight is 266 g/mol. The van der Waals surface area contributed by atoms with E-state index in [1.165, 1.54) is 38.5 Å². The van der Waals surface area contributed by atoms with Crippen LogP contribution < -0.4 is 5.56 Å². The van der Waals surface area contributed by atoms with Gasteiger partial charge in [0.1, 0.15) is 0 Å². The number of halogens is 1. The molecule has 0 aromatic carbocycles. The molecule has 0 saturated heterocycles. The van der Waals surface area contributed by atoms with E-state index in [0.29, 0.717) is 5.02 Å². The summed E-state index contributed by atoms with van der Waals surface area (Å²) < 4.78 is 1.80. The minimum absolute atomic E-state index is 0.0821. The highest BCUT2D eigenvalue weighted by atomic mass is 35.5. The maximum absolute atomic E-state index is 11.8. The van der Waals surface area contributed by atoms with Crippen molar-refractivity contribution in [2.75, 3.05) is 0 Å². The Labute approximate surface area is 113 Å². The van der Waals surface area contributed by atoms with E-state index in [2.05, 4.69) is 0 Å². The predicted molar refractivity (Wildman–Crippen MR) is 73.9 cm³/mol. The van der Waals surface area contributed by atoms with E-state index in [-0.39, 0.29) is 5.56 Å². The minimum atomic E-state index is 0.0821. The van der Waals surface area contributed by atoms with E-state index in [4.69, 9.17) is 11.6 Å². The Morgan fingerprint density at radius 3 is 2.44 bits per heavy atom. The normalized spacial score (nSPS) is 31.3. The lowest BCUT2D eigenvalue weighted by Crippen LogP contribution is -2.19. The van der Waals surface area contributed by atoms with E-state index in [1.807, 2.05) is 0 Å². The van der Waals surface area contributed by atoms with Crippen molar-refractivity contribution in [3.63, 3.8) is 0 Å². The molecular formula is C15H20ClNO. The van der Waals surface area contributed by atoms with Gasteiger partial charge in [-0.2, -0.15) is 0 Å². The highest BCUT2D eigenvalue weighted by Crippen LogP contribution is 2.54. The van der Waals surface area contributed by atoms with Gasteiger partial charge >= 0.3 is 0 Å². The van der Waals surface area contributed by atoms with Crippen LogP contribution in [-0.2, 0) is 6.54 Å². The molecule has 2 saturated carbocycles. The molecule has 0 spiro atoms. The first-order valence-electron chi connectivity index (χ1n) is 7.12. The summed E-state index contributed by atoms with van der Waals surface area (Å²) in [6, 6.07) is 3.25. The minimum Gasteiger partial charge on any atom is -0.314 e. The van der Waals surface area contributed by atoms with Crippen LogP contribution in [0.2, 0.25) is 5.02 Å². The van der Waals surface area contributed by atoms with Gasteiger partial charge in [-0.1, -0.05) is 37.3 Å². The van der Waals surface area contributed by atoms with Crippen molar-refractivity contribution in [2.45, 2.75) is 45.1 Å². The van der Waals surface area contributed by atoms with Crippen LogP contribution in [0.15, 0.2) is 23.1 Å². The van der Waals surface area contributed by atoms with Gasteiger partial charge in [0.05, 0.1) is 5.02 Å². The van der Waals surface area contributed by atoms with Crippen LogP contribution in [0.25, 0.3) is 0 Å². The molecule has 98 valence electrons. The van der Waals surface area contributed by atoms with Crippen LogP contribution in [0, 0.1) is 17.8 Å². The van der Waals surface area contributed by atoms with Crippen molar-refractivity contribution < 1.29 is 0 Å². The summed E-state index contributed by atoms with van der Waals surface area (Å²) in [5.41, 5.74) is 0.0821. The molecule has 1 unspecified atom stereocenters. The molecule has 0 amide bonds. The number of nitrogens with zero attached hydrogens (tertiary/aromatic N) is 1. The van der Waals surface area contributed by atoms with Crippen molar-refractivity contribution in [1.82, 2.24) is 4.57 Å². The standard InChI is InChI=1S/C15H20ClNO/c16-11-7-8-15(18)17(9-11)10-14-12-5-3-1-2-4-6-13(12)14/h7-9,12-14H,1-6,10H2/t12-,13+,14?. The quantitative estimate of drug-likeness (QED) is 0.799. The summed E-state index contributed by atoms with van der Waals surface area (Å²) in [5, 5.41) is 0.660. The second-order valence-electron chi connectivity index (χ2n) is 5.82. The van der Waals surface area contributed by atoms with Crippen LogP contribution in [0.3, 0.4) is 0 Å². The van der Waals surface area contributed by atoms with Crippen LogP contribution >= 0.6 is 11.6 Å². The highest BCUT2D eigenvalue weighted by molar-refractivity contribution is 6.30. The molecule has 3 rings (SSSR count). The Morgan fingerprint density at radius 2 is 1.78 bits per heavy atom. The molecule has 2 aliphatic rings. The van der Waals surface area contributed by atoms with Gasteiger partial charge in [-0.3, -0.25) is 4.79 Å². The Bertz CT molecular complexity index is 468. The number of hydrogen-bond donors (Lipinski definition) is 0. The molecular weight excluding hydrogens is 246 g/mol. The zero-order valence-electron chi connectivity index (χ0n) is 10.6. The highest BCUT2D eigenvalue weighted by Gasteiger charge is 2.48. The Kier molecular flexibility index (Phi) is 3.47. The average Bonchev–Trinajstić information content (AvgIpc) is 2.93. The van der Waals surface area contributed by atoms with Crippen molar-refractivity contribution >= 4 is 11.6 Å². The van der Waals surface area contributed by atoms with Crippen molar-refractivity contribution in [3.8, 4) is 0 Å². The first kappa shape index (κ1) is 12.3. The number of rotatable bonds is 2. The van der Waals surface area contributed by atoms with E-state index in [0.717, 1.165) is 24.3 Å². The molecule has 0 radical (unpaired) electrons. The summed E-state index contributed by atoms with van der Waals surface area (Å²) in [7, 11) is 0. The monoisotopic (exact) mass is 265 g/mol. The summed E-state index contributed by atoms with van der Waals surface area (Å²) >= 11 is 5.97. The SMILES string of the molecule is O=c1ccc(Cl)cn1CC1[C@H]2CCCCCC[C@@H]12. The van der Waals surface area contributed by atoms with Gasteiger partial charge in [-0.05, 0) is 36.7 Å². The zero-order chi connectivity index (χ0) is 12.5. The number of fused-ring (bicyclic) bond motifs is 1. The van der Waals surface area contributed by atoms with Gasteiger partial charge in [0, 0.05) is 18.8 Å². The van der Waals surface area contributed by atoms with Crippen molar-refractivity contribution in [3.05, 3.63) is 33.7 Å². The van der Waals surface area contributed by atoms with Crippen LogP contribution in [0.1, 0.15) is 38.5 Å². The molecule has 0 bridgehead atoms. The fraction of sp³-hybridized carbons (Fsp3) is 0.667. The molecule has 3 heteroatoms. The van der Waals surface area contributed by atoms with Gasteiger partial charge in [0.2, 0.25) is 0 Å². The van der Waals surface area contributed by atoms with E-state index in [9.17, 15) is 4.79 Å². The molecule has 0 N–H and O–H groups in total. The van der Waals surface area contributed by atoms with Gasteiger partial charge < -0.3 is 4.57 Å². The summed E-state index contributed by atoms with van der Waals surface area (Å²) in [6.07, 6.45) is 10.1. The molecule has 2 aliphatic carbocycles. The lowest BCUT2D eigenvalue weighted by atomic mass is 10.0. The van der Waals surface area contributed by atoms with Crippen molar-refractivity contribution in [1.29, 1.82) is 0 Å². The number of pyridine rings is 1. The second-order valence-corrected chi connectivity index (χ2v) is 6.26. The van der Waals surface area contributed by atoms with E-state index < -0.39 is 0 Å². The molecule has 18 heavy (non-hydrogen) atoms. The van der Waals surface area contributed by atoms with Gasteiger partial charge in [0.25, 0.3) is 5.56 Å². The maximum atomic E-state index is 11.8. The van der Waals surface area contributed by atoms with Crippen LogP contribution in [0.4, 0.5) is 0 Å². The number of aromatic nitrogens is 1. The van der Waals surface area contributed by atoms with Gasteiger partial charge in [0.15, 0.2) is 0 Å². The Morgan fingerprint density at radius 1 is 1.11 bits per heavy atom. The smallest absolute Gasteiger partial charge is 0.250 e. The predicted octanol–water partition coefficient (Wildman–Crippen LogP) is 3.72. The number of hydrogen-bond acceptors (Lipinski definition) is 1. The first-order chi connectivity index (χ1) is 8.75. The Balaban J connectivity index is 1.70. The van der Waals surface area contributed by atoms with Gasteiger partial charge in [-0.25, -0.2) is 0 Å². The molecule has 2 fully saturated rings. The fourth-order valence-electron chi connectivity index (χ4n) is 3.64. The lowest BCUT2D eigenvalue weighted by Gasteiger charge is -2.05. The van der Waals surface area contributed by atoms with Crippen molar-refractivity contribution in [2.24, 2.45) is 17.8 Å². The summed E-state index contributed by atoms with van der Waals surface area (Å²) in [6.45, 7) is 0.870. The molecule has 3 atom stereocenters. The molecule has 0 aliphatic heterocycles. The van der Waals surface area contributed by atoms with Crippen LogP contribution in [-0.4, -0.2) is 4.57 Å². The summed E-state index contributed by atoms with van der Waals surface area (Å²) in [4.78, 5) is 11.8. The van der Waals surface area contributed by atoms with Crippen LogP contribution in [0.5, 0.6) is 0 Å². The lowest BCUT2D eigenvalue weighted by molar-refractivity contribution is 0.485. The second kappa shape index (κ2) is 5.08. The third kappa shape index (κ3) is 2.49. The molecule has 2 nitrogen and oxygen atoms in total. The fourth-order valence-corrected chi connectivity index (χ4v) is 3.82. The Hall–Kier alpha value is -0.760. The first-order valence-corrected chi connectivity index (χ1v) is 7.49. The molecule has 1 aromatic rings. The molecule has 1 heterocycles. The molecule has 1 aromatic heterocycles. The largest absolute Gasteiger partial charge is 0.314 e. The summed E-state index contributed by atoms with van der Waals surface area (Å²) in [5.74, 6) is 2.46. The topological polar surface area (TPSA) is 22.0 Å². The van der Waals surface area contributed by atoms with E-state index >= 15 is 0 Å². The van der Waals surface area contributed by atoms with Gasteiger partial charge in [-0.15, -0.1) is 0 Å². The zero-order valence-corrected chi connectivity index (χ0v) is 11.4. The van der Waals surface area contributed by atoms with E-state index in [1.54, 1.807) is 22.9 Å². The third-order valence-electron chi connectivity index (χ3n) is 4.69.